The second kappa shape index (κ2) is 7.18. The molecule has 1 atom stereocenters. The molecule has 22 heavy (non-hydrogen) atoms. The van der Waals surface area contributed by atoms with Gasteiger partial charge in [-0.2, -0.15) is 0 Å². The number of nitrogens with zero attached hydrogens (tertiary/aromatic N) is 1. The summed E-state index contributed by atoms with van der Waals surface area (Å²) in [5.74, 6) is 0.573. The van der Waals surface area contributed by atoms with E-state index in [-0.39, 0.29) is 18.6 Å². The van der Waals surface area contributed by atoms with Gasteiger partial charge in [-0.1, -0.05) is 30.3 Å². The number of hydrogen-bond donors (Lipinski definition) is 1. The lowest BCUT2D eigenvalue weighted by Gasteiger charge is -2.19. The van der Waals surface area contributed by atoms with E-state index in [1.165, 1.54) is 12.8 Å². The molecule has 0 bridgehead atoms. The third-order valence-corrected chi connectivity index (χ3v) is 3.76. The first-order valence-electron chi connectivity index (χ1n) is 7.65. The molecule has 1 N–H and O–H groups in total. The zero-order valence-electron chi connectivity index (χ0n) is 12.4. The van der Waals surface area contributed by atoms with Crippen LogP contribution in [0.15, 0.2) is 54.9 Å². The number of rotatable bonds is 7. The van der Waals surface area contributed by atoms with Crippen molar-refractivity contribution in [3.8, 4) is 0 Å². The van der Waals surface area contributed by atoms with Gasteiger partial charge in [0, 0.05) is 12.4 Å². The molecule has 0 radical (unpaired) electrons. The lowest BCUT2D eigenvalue weighted by Crippen LogP contribution is -2.32. The fourth-order valence-electron chi connectivity index (χ4n) is 2.37. The Hall–Kier alpha value is -2.20. The predicted octanol–water partition coefficient (Wildman–Crippen LogP) is 2.71. The van der Waals surface area contributed by atoms with Crippen LogP contribution in [0.5, 0.6) is 0 Å². The average molecular weight is 296 g/mol. The highest BCUT2D eigenvalue weighted by molar-refractivity contribution is 5.78. The Bertz CT molecular complexity index is 557. The monoisotopic (exact) mass is 296 g/mol. The molecule has 0 spiro atoms. The maximum atomic E-state index is 12.2. The third kappa shape index (κ3) is 4.15. The Morgan fingerprint density at radius 1 is 1.14 bits per heavy atom. The van der Waals surface area contributed by atoms with E-state index in [1.54, 1.807) is 12.4 Å². The Morgan fingerprint density at radius 3 is 2.50 bits per heavy atom. The molecule has 4 heteroatoms. The van der Waals surface area contributed by atoms with Crippen molar-refractivity contribution in [3.05, 3.63) is 66.0 Å². The van der Waals surface area contributed by atoms with E-state index in [9.17, 15) is 4.79 Å². The van der Waals surface area contributed by atoms with E-state index in [1.807, 2.05) is 42.5 Å². The summed E-state index contributed by atoms with van der Waals surface area (Å²) >= 11 is 0. The first kappa shape index (κ1) is 14.7. The minimum Gasteiger partial charge on any atom is -0.371 e. The van der Waals surface area contributed by atoms with Crippen molar-refractivity contribution in [2.75, 3.05) is 13.2 Å². The Kier molecular flexibility index (Phi) is 4.81. The lowest BCUT2D eigenvalue weighted by atomic mass is 10.00. The number of aromatic nitrogens is 1. The highest BCUT2D eigenvalue weighted by atomic mass is 16.5. The molecule has 4 nitrogen and oxygen atoms in total. The number of carbonyl (C=O) groups is 1. The number of hydrogen-bond acceptors (Lipinski definition) is 3. The number of amides is 1. The molecule has 3 rings (SSSR count). The fraction of sp³-hybridized carbons (Fsp3) is 0.333. The molecular formula is C18H20N2O2. The van der Waals surface area contributed by atoms with Crippen LogP contribution in [0.25, 0.3) is 0 Å². The van der Waals surface area contributed by atoms with Crippen molar-refractivity contribution < 1.29 is 9.53 Å². The first-order valence-corrected chi connectivity index (χ1v) is 7.65. The summed E-state index contributed by atoms with van der Waals surface area (Å²) < 4.78 is 5.47. The quantitative estimate of drug-likeness (QED) is 0.854. The average Bonchev–Trinajstić information content (AvgIpc) is 3.39. The Labute approximate surface area is 130 Å². The lowest BCUT2D eigenvalue weighted by molar-refractivity contribution is -0.126. The van der Waals surface area contributed by atoms with Gasteiger partial charge in [0.1, 0.15) is 6.61 Å². The van der Waals surface area contributed by atoms with Gasteiger partial charge in [0.05, 0.1) is 12.6 Å². The molecule has 1 unspecified atom stereocenters. The SMILES string of the molecule is O=C(COCC1CC1)NC(c1ccccc1)c1ccncc1. The summed E-state index contributed by atoms with van der Waals surface area (Å²) in [4.78, 5) is 16.2. The Balaban J connectivity index is 1.67. The molecule has 114 valence electrons. The van der Waals surface area contributed by atoms with Crippen LogP contribution < -0.4 is 5.32 Å². The summed E-state index contributed by atoms with van der Waals surface area (Å²) in [7, 11) is 0. The largest absolute Gasteiger partial charge is 0.371 e. The van der Waals surface area contributed by atoms with Crippen LogP contribution in [-0.2, 0) is 9.53 Å². The first-order chi connectivity index (χ1) is 10.8. The third-order valence-electron chi connectivity index (χ3n) is 3.76. The van der Waals surface area contributed by atoms with Gasteiger partial charge in [-0.15, -0.1) is 0 Å². The fourth-order valence-corrected chi connectivity index (χ4v) is 2.37. The second-order valence-corrected chi connectivity index (χ2v) is 5.65. The smallest absolute Gasteiger partial charge is 0.246 e. The van der Waals surface area contributed by atoms with Crippen LogP contribution in [0.2, 0.25) is 0 Å². The van der Waals surface area contributed by atoms with Crippen molar-refractivity contribution in [2.24, 2.45) is 5.92 Å². The molecule has 0 saturated heterocycles. The van der Waals surface area contributed by atoms with Gasteiger partial charge in [-0.25, -0.2) is 0 Å². The molecule has 0 aliphatic heterocycles. The summed E-state index contributed by atoms with van der Waals surface area (Å²) in [5, 5.41) is 3.05. The minimum absolute atomic E-state index is 0.0914. The molecule has 2 aromatic rings. The second-order valence-electron chi connectivity index (χ2n) is 5.65. The van der Waals surface area contributed by atoms with Crippen LogP contribution >= 0.6 is 0 Å². The molecular weight excluding hydrogens is 276 g/mol. The van der Waals surface area contributed by atoms with Crippen molar-refractivity contribution >= 4 is 5.91 Å². The van der Waals surface area contributed by atoms with Crippen molar-refractivity contribution in [2.45, 2.75) is 18.9 Å². The van der Waals surface area contributed by atoms with Gasteiger partial charge < -0.3 is 10.1 Å². The van der Waals surface area contributed by atoms with E-state index < -0.39 is 0 Å². The summed E-state index contributed by atoms with van der Waals surface area (Å²) in [6, 6.07) is 13.6. The van der Waals surface area contributed by atoms with Crippen LogP contribution in [-0.4, -0.2) is 24.1 Å². The van der Waals surface area contributed by atoms with Gasteiger partial charge in [0.25, 0.3) is 0 Å². The highest BCUT2D eigenvalue weighted by Crippen LogP contribution is 2.28. The molecule has 1 amide bonds. The van der Waals surface area contributed by atoms with Crippen LogP contribution in [0.1, 0.15) is 30.0 Å². The molecule has 1 aliphatic rings. The van der Waals surface area contributed by atoms with E-state index in [2.05, 4.69) is 10.3 Å². The summed E-state index contributed by atoms with van der Waals surface area (Å²) in [6.07, 6.45) is 5.93. The molecule has 1 fully saturated rings. The molecule has 1 aromatic carbocycles. The standard InChI is InChI=1S/C18H20N2O2/c21-17(13-22-12-14-6-7-14)20-18(15-4-2-1-3-5-15)16-8-10-19-11-9-16/h1-5,8-11,14,18H,6-7,12-13H2,(H,20,21). The normalized spacial score (nSPS) is 15.3. The summed E-state index contributed by atoms with van der Waals surface area (Å²) in [5.41, 5.74) is 2.06. The van der Waals surface area contributed by atoms with Crippen molar-refractivity contribution in [3.63, 3.8) is 0 Å². The van der Waals surface area contributed by atoms with Crippen LogP contribution in [0, 0.1) is 5.92 Å². The molecule has 1 heterocycles. The van der Waals surface area contributed by atoms with E-state index in [4.69, 9.17) is 4.74 Å². The number of ether oxygens (including phenoxy) is 1. The van der Waals surface area contributed by atoms with E-state index >= 15 is 0 Å². The number of benzene rings is 1. The number of nitrogens with one attached hydrogen (secondary N) is 1. The minimum atomic E-state index is -0.179. The summed E-state index contributed by atoms with van der Waals surface area (Å²) in [6.45, 7) is 0.809. The van der Waals surface area contributed by atoms with Gasteiger partial charge in [-0.3, -0.25) is 9.78 Å². The maximum Gasteiger partial charge on any atom is 0.246 e. The van der Waals surface area contributed by atoms with Crippen molar-refractivity contribution in [1.82, 2.24) is 10.3 Å². The van der Waals surface area contributed by atoms with Gasteiger partial charge in [0.15, 0.2) is 0 Å². The topological polar surface area (TPSA) is 51.2 Å². The predicted molar refractivity (Wildman–Crippen MR) is 84.2 cm³/mol. The molecule has 1 aromatic heterocycles. The zero-order chi connectivity index (χ0) is 15.2. The van der Waals surface area contributed by atoms with Crippen LogP contribution in [0.3, 0.4) is 0 Å². The van der Waals surface area contributed by atoms with Gasteiger partial charge >= 0.3 is 0 Å². The molecule has 1 aliphatic carbocycles. The van der Waals surface area contributed by atoms with E-state index in [0.717, 1.165) is 11.1 Å². The van der Waals surface area contributed by atoms with Gasteiger partial charge in [-0.05, 0) is 42.0 Å². The molecule has 1 saturated carbocycles. The van der Waals surface area contributed by atoms with Crippen molar-refractivity contribution in [1.29, 1.82) is 0 Å². The van der Waals surface area contributed by atoms with Crippen LogP contribution in [0.4, 0.5) is 0 Å². The maximum absolute atomic E-state index is 12.2. The highest BCUT2D eigenvalue weighted by Gasteiger charge is 2.22. The number of pyridine rings is 1. The Morgan fingerprint density at radius 2 is 1.82 bits per heavy atom. The van der Waals surface area contributed by atoms with E-state index in [0.29, 0.717) is 12.5 Å². The zero-order valence-corrected chi connectivity index (χ0v) is 12.4. The number of carbonyl (C=O) groups excluding carboxylic acids is 1. The van der Waals surface area contributed by atoms with Gasteiger partial charge in [0.2, 0.25) is 5.91 Å².